The fourth-order valence-electron chi connectivity index (χ4n) is 2.63. The fourth-order valence-corrected chi connectivity index (χ4v) is 2.63. The summed E-state index contributed by atoms with van der Waals surface area (Å²) >= 11 is 0. The van der Waals surface area contributed by atoms with Gasteiger partial charge >= 0.3 is 0 Å². The van der Waals surface area contributed by atoms with E-state index < -0.39 is 11.5 Å². The lowest BCUT2D eigenvalue weighted by Gasteiger charge is -2.08. The lowest BCUT2D eigenvalue weighted by Crippen LogP contribution is -2.29. The molecule has 1 aromatic carbocycles. The van der Waals surface area contributed by atoms with Crippen LogP contribution in [0.3, 0.4) is 0 Å². The Morgan fingerprint density at radius 1 is 1.12 bits per heavy atom. The van der Waals surface area contributed by atoms with Gasteiger partial charge in [0.1, 0.15) is 11.3 Å². The lowest BCUT2D eigenvalue weighted by atomic mass is 10.1. The van der Waals surface area contributed by atoms with Crippen LogP contribution < -0.4 is 20.3 Å². The van der Waals surface area contributed by atoms with Gasteiger partial charge < -0.3 is 24.2 Å². The van der Waals surface area contributed by atoms with Gasteiger partial charge in [0.05, 0.1) is 12.0 Å². The Hall–Kier alpha value is -3.48. The van der Waals surface area contributed by atoms with Gasteiger partial charge in [-0.15, -0.1) is 0 Å². The number of aromatic amines is 1. The molecule has 1 aliphatic rings. The Morgan fingerprint density at radius 3 is 2.84 bits per heavy atom. The number of H-pyrrole nitrogens is 1. The Labute approximate surface area is 142 Å². The fraction of sp³-hybridized carbons (Fsp3) is 0.111. The number of carbonyl (C=O) groups is 1. The van der Waals surface area contributed by atoms with E-state index in [1.807, 2.05) is 12.1 Å². The summed E-state index contributed by atoms with van der Waals surface area (Å²) in [5.41, 5.74) is 0.842. The van der Waals surface area contributed by atoms with Gasteiger partial charge in [-0.1, -0.05) is 12.1 Å². The number of hydrogen-bond acceptors (Lipinski definition) is 5. The maximum absolute atomic E-state index is 12.3. The predicted octanol–water partition coefficient (Wildman–Crippen LogP) is 2.29. The van der Waals surface area contributed by atoms with Crippen LogP contribution in [0.1, 0.15) is 15.9 Å². The number of carbonyl (C=O) groups excluding carboxylic acids is 1. The molecular formula is C18H14N2O5. The third-order valence-electron chi connectivity index (χ3n) is 3.86. The zero-order valence-corrected chi connectivity index (χ0v) is 13.1. The van der Waals surface area contributed by atoms with E-state index in [2.05, 4.69) is 10.3 Å². The number of hydrogen-bond donors (Lipinski definition) is 2. The second kappa shape index (κ2) is 6.20. The van der Waals surface area contributed by atoms with Crippen molar-refractivity contribution < 1.29 is 18.7 Å². The maximum atomic E-state index is 12.3. The van der Waals surface area contributed by atoms with Crippen molar-refractivity contribution in [1.82, 2.24) is 10.3 Å². The highest BCUT2D eigenvalue weighted by Crippen LogP contribution is 2.35. The van der Waals surface area contributed by atoms with Crippen LogP contribution in [0.25, 0.3) is 11.5 Å². The third kappa shape index (κ3) is 2.87. The number of rotatable bonds is 4. The van der Waals surface area contributed by atoms with Gasteiger partial charge in [-0.2, -0.15) is 0 Å². The molecule has 0 bridgehead atoms. The van der Waals surface area contributed by atoms with Gasteiger partial charge in [0, 0.05) is 12.1 Å². The number of furan rings is 1. The molecule has 0 atom stereocenters. The summed E-state index contributed by atoms with van der Waals surface area (Å²) in [6, 6.07) is 12.0. The molecule has 0 aliphatic carbocycles. The van der Waals surface area contributed by atoms with Crippen molar-refractivity contribution in [1.29, 1.82) is 0 Å². The van der Waals surface area contributed by atoms with E-state index in [0.29, 0.717) is 23.0 Å². The largest absolute Gasteiger partial charge is 0.463 e. The van der Waals surface area contributed by atoms with E-state index in [9.17, 15) is 9.59 Å². The molecule has 4 rings (SSSR count). The predicted molar refractivity (Wildman–Crippen MR) is 88.5 cm³/mol. The first kappa shape index (κ1) is 15.1. The van der Waals surface area contributed by atoms with Crippen molar-refractivity contribution in [2.45, 2.75) is 6.54 Å². The molecule has 7 nitrogen and oxygen atoms in total. The summed E-state index contributed by atoms with van der Waals surface area (Å²) in [4.78, 5) is 27.1. The van der Waals surface area contributed by atoms with Crippen LogP contribution in [-0.4, -0.2) is 17.7 Å². The van der Waals surface area contributed by atoms with E-state index >= 15 is 0 Å². The molecule has 1 aliphatic heterocycles. The van der Waals surface area contributed by atoms with Crippen LogP contribution in [0.2, 0.25) is 0 Å². The molecule has 3 heterocycles. The van der Waals surface area contributed by atoms with E-state index in [1.165, 1.54) is 12.3 Å². The van der Waals surface area contributed by atoms with Crippen molar-refractivity contribution in [3.63, 3.8) is 0 Å². The lowest BCUT2D eigenvalue weighted by molar-refractivity contribution is 0.0949. The van der Waals surface area contributed by atoms with Gasteiger partial charge in [0.15, 0.2) is 11.5 Å². The second-order valence-electron chi connectivity index (χ2n) is 5.43. The maximum Gasteiger partial charge on any atom is 0.261 e. The third-order valence-corrected chi connectivity index (χ3v) is 3.86. The zero-order chi connectivity index (χ0) is 17.2. The molecule has 0 radical (unpaired) electrons. The summed E-state index contributed by atoms with van der Waals surface area (Å²) < 4.78 is 15.9. The quantitative estimate of drug-likeness (QED) is 0.761. The molecule has 3 aromatic rings. The molecule has 0 fully saturated rings. The molecule has 7 heteroatoms. The first-order chi connectivity index (χ1) is 12.2. The number of benzene rings is 1. The van der Waals surface area contributed by atoms with Crippen molar-refractivity contribution in [3.05, 3.63) is 70.2 Å². The normalized spacial score (nSPS) is 12.2. The van der Waals surface area contributed by atoms with Crippen LogP contribution in [-0.2, 0) is 6.54 Å². The highest BCUT2D eigenvalue weighted by atomic mass is 16.7. The van der Waals surface area contributed by atoms with Crippen LogP contribution in [0, 0.1) is 0 Å². The molecule has 1 amide bonds. The summed E-state index contributed by atoms with van der Waals surface area (Å²) in [7, 11) is 0. The number of pyridine rings is 1. The van der Waals surface area contributed by atoms with Crippen molar-refractivity contribution in [2.75, 3.05) is 6.79 Å². The Kier molecular flexibility index (Phi) is 3.74. The molecule has 126 valence electrons. The molecule has 0 unspecified atom stereocenters. The summed E-state index contributed by atoms with van der Waals surface area (Å²) in [5, 5.41) is 2.72. The average molecular weight is 338 g/mol. The highest BCUT2D eigenvalue weighted by molar-refractivity contribution is 5.94. The minimum Gasteiger partial charge on any atom is -0.463 e. The van der Waals surface area contributed by atoms with Gasteiger partial charge in [0.25, 0.3) is 11.5 Å². The van der Waals surface area contributed by atoms with Crippen LogP contribution >= 0.6 is 0 Å². The number of aromatic nitrogens is 1. The molecule has 0 saturated carbocycles. The van der Waals surface area contributed by atoms with Crippen LogP contribution in [0.15, 0.2) is 57.9 Å². The molecule has 2 aromatic heterocycles. The van der Waals surface area contributed by atoms with E-state index in [4.69, 9.17) is 13.9 Å². The number of nitrogens with one attached hydrogen (secondary N) is 2. The second-order valence-corrected chi connectivity index (χ2v) is 5.43. The minimum atomic E-state index is -0.482. The SMILES string of the molecule is O=C(NCc1cccc2c1OCO2)c1ccc(-c2ccco2)[nH]c1=O. The summed E-state index contributed by atoms with van der Waals surface area (Å²) in [6.45, 7) is 0.388. The molecule has 25 heavy (non-hydrogen) atoms. The number of ether oxygens (including phenoxy) is 2. The monoisotopic (exact) mass is 338 g/mol. The number of amides is 1. The van der Waals surface area contributed by atoms with Gasteiger partial charge in [-0.25, -0.2) is 0 Å². The van der Waals surface area contributed by atoms with Gasteiger partial charge in [-0.3, -0.25) is 9.59 Å². The van der Waals surface area contributed by atoms with Crippen LogP contribution in [0.4, 0.5) is 0 Å². The Bertz CT molecular complexity index is 975. The number of fused-ring (bicyclic) bond motifs is 1. The van der Waals surface area contributed by atoms with E-state index in [0.717, 1.165) is 5.56 Å². The first-order valence-corrected chi connectivity index (χ1v) is 7.65. The van der Waals surface area contributed by atoms with E-state index in [1.54, 1.807) is 24.3 Å². The molecular weight excluding hydrogens is 324 g/mol. The minimum absolute atomic E-state index is 0.0278. The average Bonchev–Trinajstić information content (AvgIpc) is 3.31. The first-order valence-electron chi connectivity index (χ1n) is 7.65. The summed E-state index contributed by atoms with van der Waals surface area (Å²) in [6.07, 6.45) is 1.51. The van der Waals surface area contributed by atoms with Crippen molar-refractivity contribution in [3.8, 4) is 23.0 Å². The van der Waals surface area contributed by atoms with Gasteiger partial charge in [-0.05, 0) is 30.3 Å². The highest BCUT2D eigenvalue weighted by Gasteiger charge is 2.18. The standard InChI is InChI=1S/C18H14N2O5/c21-17(19-9-11-3-1-4-15-16(11)25-10-24-15)12-6-7-13(20-18(12)22)14-5-2-8-23-14/h1-8H,9-10H2,(H,19,21)(H,20,22). The Morgan fingerprint density at radius 2 is 2.04 bits per heavy atom. The topological polar surface area (TPSA) is 93.6 Å². The van der Waals surface area contributed by atoms with Crippen molar-refractivity contribution in [2.24, 2.45) is 0 Å². The van der Waals surface area contributed by atoms with Crippen molar-refractivity contribution >= 4 is 5.91 Å². The van der Waals surface area contributed by atoms with E-state index in [-0.39, 0.29) is 18.9 Å². The smallest absolute Gasteiger partial charge is 0.261 e. The molecule has 2 N–H and O–H groups in total. The summed E-state index contributed by atoms with van der Waals surface area (Å²) in [5.74, 6) is 1.32. The molecule has 0 saturated heterocycles. The number of para-hydroxylation sites is 1. The van der Waals surface area contributed by atoms with Crippen LogP contribution in [0.5, 0.6) is 11.5 Å². The molecule has 0 spiro atoms. The Balaban J connectivity index is 1.50. The zero-order valence-electron chi connectivity index (χ0n) is 13.1. The van der Waals surface area contributed by atoms with Gasteiger partial charge in [0.2, 0.25) is 6.79 Å².